The molecule has 1 N–H and O–H groups in total. The highest BCUT2D eigenvalue weighted by molar-refractivity contribution is 5.71. The van der Waals surface area contributed by atoms with Gasteiger partial charge in [-0.05, 0) is 13.8 Å². The van der Waals surface area contributed by atoms with Crippen LogP contribution in [0.4, 0.5) is 0 Å². The summed E-state index contributed by atoms with van der Waals surface area (Å²) in [5.41, 5.74) is -1.19. The van der Waals surface area contributed by atoms with E-state index in [0.29, 0.717) is 6.54 Å². The number of carbonyl (C=O) groups is 1. The highest BCUT2D eigenvalue weighted by Gasteiger charge is 2.17. The van der Waals surface area contributed by atoms with Gasteiger partial charge in [-0.15, -0.1) is 0 Å². The van der Waals surface area contributed by atoms with Gasteiger partial charge in [-0.2, -0.15) is 0 Å². The summed E-state index contributed by atoms with van der Waals surface area (Å²) in [4.78, 5) is 33.7. The Morgan fingerprint density at radius 2 is 2.13 bits per heavy atom. The summed E-state index contributed by atoms with van der Waals surface area (Å²) in [6, 6.07) is 0.0358. The summed E-state index contributed by atoms with van der Waals surface area (Å²) in [6.07, 6.45) is 1.36. The number of aromatic nitrogens is 2. The second kappa shape index (κ2) is 4.12. The molecule has 0 saturated heterocycles. The normalized spacial score (nSPS) is 12.4. The van der Waals surface area contributed by atoms with Crippen LogP contribution in [0.2, 0.25) is 0 Å². The van der Waals surface area contributed by atoms with Crippen molar-refractivity contribution < 1.29 is 9.90 Å². The van der Waals surface area contributed by atoms with Gasteiger partial charge in [0.15, 0.2) is 0 Å². The van der Waals surface area contributed by atoms with Gasteiger partial charge in [-0.3, -0.25) is 4.79 Å². The molecule has 6 heteroatoms. The molecule has 0 amide bonds. The van der Waals surface area contributed by atoms with Crippen LogP contribution in [-0.4, -0.2) is 20.2 Å². The smallest absolute Gasteiger partial charge is 0.331 e. The molecular weight excluding hydrogens is 200 g/mol. The summed E-state index contributed by atoms with van der Waals surface area (Å²) in [6.45, 7) is 3.43. The predicted molar refractivity (Wildman–Crippen MR) is 53.0 cm³/mol. The van der Waals surface area contributed by atoms with Gasteiger partial charge in [-0.1, -0.05) is 0 Å². The number of aliphatic carboxylic acids is 1. The zero-order valence-electron chi connectivity index (χ0n) is 8.51. The van der Waals surface area contributed by atoms with E-state index < -0.39 is 23.3 Å². The Balaban J connectivity index is 3.47. The summed E-state index contributed by atoms with van der Waals surface area (Å²) >= 11 is 0. The van der Waals surface area contributed by atoms with Crippen LogP contribution in [0.3, 0.4) is 0 Å². The molecule has 1 unspecified atom stereocenters. The lowest BCUT2D eigenvalue weighted by Crippen LogP contribution is -2.42. The van der Waals surface area contributed by atoms with Gasteiger partial charge >= 0.3 is 11.7 Å². The van der Waals surface area contributed by atoms with E-state index in [2.05, 4.69) is 0 Å². The van der Waals surface area contributed by atoms with Gasteiger partial charge < -0.3 is 9.67 Å². The van der Waals surface area contributed by atoms with Crippen LogP contribution >= 0.6 is 0 Å². The molecule has 0 saturated carbocycles. The standard InChI is InChI=1S/C9H12N2O4/c1-3-10-5-4-7(12)11(9(10)15)6(2)8(13)14/h4-6H,3H2,1-2H3,(H,13,14). The molecule has 0 aromatic carbocycles. The van der Waals surface area contributed by atoms with E-state index in [-0.39, 0.29) is 0 Å². The molecule has 15 heavy (non-hydrogen) atoms. The Bertz CT molecular complexity index is 486. The lowest BCUT2D eigenvalue weighted by molar-refractivity contribution is -0.140. The highest BCUT2D eigenvalue weighted by atomic mass is 16.4. The first-order chi connectivity index (χ1) is 6.99. The summed E-state index contributed by atoms with van der Waals surface area (Å²) in [5, 5.41) is 8.74. The molecule has 1 atom stereocenters. The van der Waals surface area contributed by atoms with Crippen molar-refractivity contribution in [3.8, 4) is 0 Å². The van der Waals surface area contributed by atoms with Crippen LogP contribution in [0.25, 0.3) is 0 Å². The number of rotatable bonds is 3. The summed E-state index contributed by atoms with van der Waals surface area (Å²) in [7, 11) is 0. The fourth-order valence-electron chi connectivity index (χ4n) is 1.24. The van der Waals surface area contributed by atoms with E-state index in [9.17, 15) is 14.4 Å². The summed E-state index contributed by atoms with van der Waals surface area (Å²) in [5.74, 6) is -1.21. The van der Waals surface area contributed by atoms with Crippen molar-refractivity contribution in [1.82, 2.24) is 9.13 Å². The molecule has 0 aliphatic heterocycles. The minimum atomic E-state index is -1.21. The fourth-order valence-corrected chi connectivity index (χ4v) is 1.24. The van der Waals surface area contributed by atoms with Crippen LogP contribution in [0.1, 0.15) is 19.9 Å². The molecular formula is C9H12N2O4. The molecule has 0 spiro atoms. The highest BCUT2D eigenvalue weighted by Crippen LogP contribution is 1.97. The second-order valence-electron chi connectivity index (χ2n) is 3.11. The Morgan fingerprint density at radius 1 is 1.53 bits per heavy atom. The van der Waals surface area contributed by atoms with Gasteiger partial charge in [0, 0.05) is 18.8 Å². The molecule has 1 rings (SSSR count). The van der Waals surface area contributed by atoms with Crippen LogP contribution < -0.4 is 11.2 Å². The minimum absolute atomic E-state index is 0.394. The Kier molecular flexibility index (Phi) is 3.08. The van der Waals surface area contributed by atoms with Gasteiger partial charge in [0.2, 0.25) is 0 Å². The molecule has 1 aromatic heterocycles. The van der Waals surface area contributed by atoms with Crippen LogP contribution in [-0.2, 0) is 11.3 Å². The van der Waals surface area contributed by atoms with Gasteiger partial charge in [0.1, 0.15) is 6.04 Å². The first-order valence-corrected chi connectivity index (χ1v) is 4.53. The van der Waals surface area contributed by atoms with Crippen molar-refractivity contribution in [3.63, 3.8) is 0 Å². The van der Waals surface area contributed by atoms with Crippen molar-refractivity contribution in [3.05, 3.63) is 33.1 Å². The number of aryl methyl sites for hydroxylation is 1. The first kappa shape index (κ1) is 11.2. The lowest BCUT2D eigenvalue weighted by Gasteiger charge is -2.11. The average Bonchev–Trinajstić information content (AvgIpc) is 2.17. The average molecular weight is 212 g/mol. The number of hydrogen-bond donors (Lipinski definition) is 1. The van der Waals surface area contributed by atoms with E-state index >= 15 is 0 Å². The van der Waals surface area contributed by atoms with E-state index in [1.807, 2.05) is 0 Å². The maximum atomic E-state index is 11.6. The zero-order chi connectivity index (χ0) is 11.6. The van der Waals surface area contributed by atoms with Crippen molar-refractivity contribution >= 4 is 5.97 Å². The van der Waals surface area contributed by atoms with E-state index in [0.717, 1.165) is 4.57 Å². The fraction of sp³-hybridized carbons (Fsp3) is 0.444. The molecule has 0 aliphatic carbocycles. The molecule has 1 aromatic rings. The minimum Gasteiger partial charge on any atom is -0.480 e. The Labute approximate surface area is 85.4 Å². The molecule has 0 aliphatic rings. The van der Waals surface area contributed by atoms with E-state index in [1.54, 1.807) is 6.92 Å². The van der Waals surface area contributed by atoms with Crippen molar-refractivity contribution in [2.24, 2.45) is 0 Å². The van der Waals surface area contributed by atoms with Crippen LogP contribution in [0.15, 0.2) is 21.9 Å². The van der Waals surface area contributed by atoms with Crippen molar-refractivity contribution in [2.75, 3.05) is 0 Å². The van der Waals surface area contributed by atoms with Crippen LogP contribution in [0, 0.1) is 0 Å². The molecule has 82 valence electrons. The monoisotopic (exact) mass is 212 g/mol. The third kappa shape index (κ3) is 1.98. The largest absolute Gasteiger partial charge is 0.480 e. The molecule has 0 bridgehead atoms. The molecule has 1 heterocycles. The molecule has 6 nitrogen and oxygen atoms in total. The van der Waals surface area contributed by atoms with E-state index in [4.69, 9.17) is 5.11 Å². The van der Waals surface area contributed by atoms with Gasteiger partial charge in [-0.25, -0.2) is 14.2 Å². The maximum Gasteiger partial charge on any atom is 0.331 e. The third-order valence-corrected chi connectivity index (χ3v) is 2.17. The number of carboxylic acids is 1. The third-order valence-electron chi connectivity index (χ3n) is 2.17. The second-order valence-corrected chi connectivity index (χ2v) is 3.11. The number of carboxylic acid groups (broad SMARTS) is 1. The SMILES string of the molecule is CCn1ccc(=O)n(C(C)C(=O)O)c1=O. The van der Waals surface area contributed by atoms with Crippen molar-refractivity contribution in [2.45, 2.75) is 26.4 Å². The molecule has 0 radical (unpaired) electrons. The first-order valence-electron chi connectivity index (χ1n) is 4.53. The Morgan fingerprint density at radius 3 is 2.60 bits per heavy atom. The number of hydrogen-bond acceptors (Lipinski definition) is 3. The predicted octanol–water partition coefficient (Wildman–Crippen LogP) is -0.325. The van der Waals surface area contributed by atoms with Gasteiger partial charge in [0.05, 0.1) is 0 Å². The van der Waals surface area contributed by atoms with Crippen LogP contribution in [0.5, 0.6) is 0 Å². The van der Waals surface area contributed by atoms with Crippen molar-refractivity contribution in [1.29, 1.82) is 0 Å². The van der Waals surface area contributed by atoms with E-state index in [1.165, 1.54) is 23.8 Å². The quantitative estimate of drug-likeness (QED) is 0.744. The maximum absolute atomic E-state index is 11.6. The van der Waals surface area contributed by atoms with Gasteiger partial charge in [0.25, 0.3) is 5.56 Å². The zero-order valence-corrected chi connectivity index (χ0v) is 8.51. The topological polar surface area (TPSA) is 81.3 Å². The lowest BCUT2D eigenvalue weighted by atomic mass is 10.3. The molecule has 0 fully saturated rings. The summed E-state index contributed by atoms with van der Waals surface area (Å²) < 4.78 is 2.01. The Hall–Kier alpha value is -1.85. The number of nitrogens with zero attached hydrogens (tertiary/aromatic N) is 2.